The zero-order valence-electron chi connectivity index (χ0n) is 19.1. The SMILES string of the molecule is N#Cc1ccc(N(P(c2ccccc2)c2ccccc2)P(c2ccccc2)c2ccccc2)cc1. The molecular formula is C31H24N2P2. The summed E-state index contributed by atoms with van der Waals surface area (Å²) in [5, 5.41) is 14.6. The fourth-order valence-electron chi connectivity index (χ4n) is 4.00. The second kappa shape index (κ2) is 11.1. The molecular weight excluding hydrogens is 462 g/mol. The number of hydrogen-bond donors (Lipinski definition) is 0. The second-order valence-electron chi connectivity index (χ2n) is 7.91. The molecule has 0 fully saturated rings. The average molecular weight is 486 g/mol. The quantitative estimate of drug-likeness (QED) is 0.247. The van der Waals surface area contributed by atoms with Crippen molar-refractivity contribution >= 4 is 43.1 Å². The molecule has 4 heteroatoms. The van der Waals surface area contributed by atoms with Crippen LogP contribution in [0.15, 0.2) is 146 Å². The van der Waals surface area contributed by atoms with E-state index in [2.05, 4.69) is 144 Å². The van der Waals surface area contributed by atoms with Gasteiger partial charge in [-0.1, -0.05) is 121 Å². The summed E-state index contributed by atoms with van der Waals surface area (Å²) in [7, 11) is -1.82. The number of nitriles is 1. The van der Waals surface area contributed by atoms with Crippen LogP contribution in [0.25, 0.3) is 0 Å². The van der Waals surface area contributed by atoms with Crippen LogP contribution in [0.5, 0.6) is 0 Å². The number of nitrogens with zero attached hydrogens (tertiary/aromatic N) is 2. The van der Waals surface area contributed by atoms with Gasteiger partial charge in [-0.15, -0.1) is 0 Å². The maximum atomic E-state index is 9.44. The van der Waals surface area contributed by atoms with E-state index in [9.17, 15) is 5.26 Å². The van der Waals surface area contributed by atoms with Crippen molar-refractivity contribution in [3.8, 4) is 6.07 Å². The summed E-state index contributed by atoms with van der Waals surface area (Å²) < 4.78 is 2.61. The highest BCUT2D eigenvalue weighted by molar-refractivity contribution is 7.90. The molecule has 0 aliphatic heterocycles. The van der Waals surface area contributed by atoms with Crippen molar-refractivity contribution < 1.29 is 0 Å². The lowest BCUT2D eigenvalue weighted by atomic mass is 10.2. The van der Waals surface area contributed by atoms with Crippen molar-refractivity contribution in [1.82, 2.24) is 0 Å². The minimum Gasteiger partial charge on any atom is -0.313 e. The van der Waals surface area contributed by atoms with Gasteiger partial charge in [-0.05, 0) is 24.3 Å². The maximum Gasteiger partial charge on any atom is 0.0991 e. The number of anilines is 1. The molecule has 0 N–H and O–H groups in total. The van der Waals surface area contributed by atoms with Crippen LogP contribution in [0.3, 0.4) is 0 Å². The molecule has 0 bridgehead atoms. The minimum absolute atomic E-state index is 0.668. The van der Waals surface area contributed by atoms with Gasteiger partial charge in [0.25, 0.3) is 0 Å². The van der Waals surface area contributed by atoms with Gasteiger partial charge in [-0.25, -0.2) is 0 Å². The summed E-state index contributed by atoms with van der Waals surface area (Å²) in [4.78, 5) is 0. The lowest BCUT2D eigenvalue weighted by molar-refractivity contribution is 1.47. The molecule has 0 aromatic heterocycles. The topological polar surface area (TPSA) is 27.0 Å². The van der Waals surface area contributed by atoms with E-state index in [0.717, 1.165) is 5.69 Å². The average Bonchev–Trinajstić information content (AvgIpc) is 2.95. The molecule has 5 aromatic rings. The van der Waals surface area contributed by atoms with Crippen molar-refractivity contribution in [3.05, 3.63) is 151 Å². The zero-order chi connectivity index (χ0) is 23.9. The standard InChI is InChI=1S/C31H24N2P2/c32-25-26-21-23-27(24-22-26)33(34(28-13-5-1-6-14-28)29-15-7-2-8-16-29)35(30-17-9-3-10-18-30)31-19-11-4-12-20-31/h1-24H. The molecule has 0 radical (unpaired) electrons. The molecule has 5 aromatic carbocycles. The third-order valence-corrected chi connectivity index (χ3v) is 11.1. The predicted octanol–water partition coefficient (Wildman–Crippen LogP) is 6.46. The smallest absolute Gasteiger partial charge is 0.0991 e. The number of rotatable bonds is 7. The Kier molecular flexibility index (Phi) is 7.31. The van der Waals surface area contributed by atoms with Gasteiger partial charge in [0.15, 0.2) is 0 Å². The fourth-order valence-corrected chi connectivity index (χ4v) is 9.97. The molecule has 5 rings (SSSR count). The fraction of sp³-hybridized carbons (Fsp3) is 0. The van der Waals surface area contributed by atoms with Crippen molar-refractivity contribution in [3.63, 3.8) is 0 Å². The highest BCUT2D eigenvalue weighted by atomic mass is 31.2. The molecule has 0 saturated heterocycles. The Labute approximate surface area is 209 Å². The Morgan fingerprint density at radius 2 is 0.743 bits per heavy atom. The van der Waals surface area contributed by atoms with Crippen LogP contribution in [-0.2, 0) is 0 Å². The van der Waals surface area contributed by atoms with E-state index in [0.29, 0.717) is 5.56 Å². The Hall–Kier alpha value is -3.75. The van der Waals surface area contributed by atoms with Crippen LogP contribution >= 0.6 is 16.1 Å². The summed E-state index contributed by atoms with van der Waals surface area (Å²) in [6.07, 6.45) is 0. The molecule has 0 saturated carbocycles. The van der Waals surface area contributed by atoms with Gasteiger partial charge in [-0.2, -0.15) is 5.26 Å². The molecule has 35 heavy (non-hydrogen) atoms. The summed E-state index contributed by atoms with van der Waals surface area (Å²) in [6, 6.07) is 53.5. The van der Waals surface area contributed by atoms with Gasteiger partial charge in [0, 0.05) is 26.9 Å². The van der Waals surface area contributed by atoms with E-state index < -0.39 is 16.1 Å². The van der Waals surface area contributed by atoms with Crippen LogP contribution in [0.2, 0.25) is 0 Å². The molecule has 168 valence electrons. The Balaban J connectivity index is 1.79. The van der Waals surface area contributed by atoms with Crippen molar-refractivity contribution in [2.75, 3.05) is 4.44 Å². The first-order chi connectivity index (χ1) is 17.3. The summed E-state index contributed by atoms with van der Waals surface area (Å²) >= 11 is 0. The lowest BCUT2D eigenvalue weighted by Gasteiger charge is -2.40. The molecule has 0 aliphatic rings. The van der Waals surface area contributed by atoms with Gasteiger partial charge in [0.05, 0.1) is 27.8 Å². The van der Waals surface area contributed by atoms with E-state index in [1.54, 1.807) is 0 Å². The maximum absolute atomic E-state index is 9.44. The van der Waals surface area contributed by atoms with Crippen LogP contribution in [0, 0.1) is 11.3 Å². The van der Waals surface area contributed by atoms with Gasteiger partial charge in [-0.3, -0.25) is 0 Å². The Morgan fingerprint density at radius 3 is 1.03 bits per heavy atom. The molecule has 2 nitrogen and oxygen atoms in total. The van der Waals surface area contributed by atoms with Gasteiger partial charge in [0.2, 0.25) is 0 Å². The molecule has 0 spiro atoms. The van der Waals surface area contributed by atoms with Gasteiger partial charge < -0.3 is 4.44 Å². The summed E-state index contributed by atoms with van der Waals surface area (Å²) in [5.41, 5.74) is 1.78. The highest BCUT2D eigenvalue weighted by Crippen LogP contribution is 2.56. The summed E-state index contributed by atoms with van der Waals surface area (Å²) in [6.45, 7) is 0. The van der Waals surface area contributed by atoms with E-state index in [4.69, 9.17) is 0 Å². The molecule has 0 atom stereocenters. The molecule has 0 unspecified atom stereocenters. The second-order valence-corrected chi connectivity index (χ2v) is 12.3. The summed E-state index contributed by atoms with van der Waals surface area (Å²) in [5.74, 6) is 0. The monoisotopic (exact) mass is 486 g/mol. The van der Waals surface area contributed by atoms with Crippen LogP contribution in [0.4, 0.5) is 5.69 Å². The van der Waals surface area contributed by atoms with Crippen molar-refractivity contribution in [1.29, 1.82) is 5.26 Å². The first-order valence-electron chi connectivity index (χ1n) is 11.5. The van der Waals surface area contributed by atoms with Crippen LogP contribution < -0.4 is 25.7 Å². The third-order valence-electron chi connectivity index (χ3n) is 5.61. The van der Waals surface area contributed by atoms with E-state index in [-0.39, 0.29) is 0 Å². The molecule has 0 heterocycles. The van der Waals surface area contributed by atoms with E-state index in [1.807, 2.05) is 12.1 Å². The normalized spacial score (nSPS) is 10.8. The molecule has 0 amide bonds. The van der Waals surface area contributed by atoms with Crippen molar-refractivity contribution in [2.24, 2.45) is 0 Å². The Bertz CT molecular complexity index is 1220. The van der Waals surface area contributed by atoms with E-state index >= 15 is 0 Å². The zero-order valence-corrected chi connectivity index (χ0v) is 20.9. The first-order valence-corrected chi connectivity index (χ1v) is 14.0. The largest absolute Gasteiger partial charge is 0.313 e. The number of hydrogen-bond acceptors (Lipinski definition) is 2. The van der Waals surface area contributed by atoms with Crippen molar-refractivity contribution in [2.45, 2.75) is 0 Å². The minimum atomic E-state index is -0.912. The van der Waals surface area contributed by atoms with Gasteiger partial charge >= 0.3 is 0 Å². The van der Waals surface area contributed by atoms with Gasteiger partial charge in [0.1, 0.15) is 0 Å². The van der Waals surface area contributed by atoms with E-state index in [1.165, 1.54) is 21.2 Å². The third kappa shape index (κ3) is 5.18. The first kappa shape index (κ1) is 23.0. The molecule has 0 aliphatic carbocycles. The Morgan fingerprint density at radius 1 is 0.429 bits per heavy atom. The number of benzene rings is 5. The predicted molar refractivity (Wildman–Crippen MR) is 152 cm³/mol. The van der Waals surface area contributed by atoms with Crippen LogP contribution in [-0.4, -0.2) is 0 Å². The van der Waals surface area contributed by atoms with Crippen LogP contribution in [0.1, 0.15) is 5.56 Å². The lowest BCUT2D eigenvalue weighted by Crippen LogP contribution is -2.31. The highest BCUT2D eigenvalue weighted by Gasteiger charge is 2.32.